The zero-order valence-corrected chi connectivity index (χ0v) is 10.2. The lowest BCUT2D eigenvalue weighted by atomic mass is 9.77. The summed E-state index contributed by atoms with van der Waals surface area (Å²) in [4.78, 5) is 11.7. The summed E-state index contributed by atoms with van der Waals surface area (Å²) in [5.74, 6) is -0.773. The van der Waals surface area contributed by atoms with Crippen LogP contribution >= 0.6 is 15.9 Å². The number of nitrogens with one attached hydrogen (secondary N) is 1. The van der Waals surface area contributed by atoms with Crippen LogP contribution in [0.15, 0.2) is 22.7 Å². The van der Waals surface area contributed by atoms with Crippen molar-refractivity contribution >= 4 is 27.5 Å². The highest BCUT2D eigenvalue weighted by Gasteiger charge is 2.40. The van der Waals surface area contributed by atoms with E-state index in [1.807, 2.05) is 0 Å². The van der Waals surface area contributed by atoms with Gasteiger partial charge < -0.3 is 11.1 Å². The van der Waals surface area contributed by atoms with Gasteiger partial charge in [-0.2, -0.15) is 0 Å². The first-order valence-electron chi connectivity index (χ1n) is 5.07. The number of carbonyl (C=O) groups is 1. The molecule has 1 aliphatic rings. The number of hydrogen-bond acceptors (Lipinski definition) is 2. The van der Waals surface area contributed by atoms with E-state index >= 15 is 0 Å². The highest BCUT2D eigenvalue weighted by Crippen LogP contribution is 2.30. The summed E-state index contributed by atoms with van der Waals surface area (Å²) in [5, 5.41) is 2.52. The van der Waals surface area contributed by atoms with Crippen molar-refractivity contribution in [2.45, 2.75) is 24.8 Å². The van der Waals surface area contributed by atoms with Crippen molar-refractivity contribution in [1.29, 1.82) is 0 Å². The maximum absolute atomic E-state index is 13.4. The van der Waals surface area contributed by atoms with Crippen LogP contribution in [-0.4, -0.2) is 11.4 Å². The normalized spacial score (nSPS) is 17.7. The molecule has 1 aromatic rings. The molecule has 0 heterocycles. The summed E-state index contributed by atoms with van der Waals surface area (Å²) in [6, 6.07) is 4.49. The van der Waals surface area contributed by atoms with Gasteiger partial charge in [0.15, 0.2) is 0 Å². The van der Waals surface area contributed by atoms with Crippen LogP contribution in [0.1, 0.15) is 19.3 Å². The molecule has 0 unspecified atom stereocenters. The van der Waals surface area contributed by atoms with Crippen molar-refractivity contribution in [1.82, 2.24) is 0 Å². The Balaban J connectivity index is 2.12. The van der Waals surface area contributed by atoms with Gasteiger partial charge in [-0.3, -0.25) is 4.79 Å². The lowest BCUT2D eigenvalue weighted by Crippen LogP contribution is -2.56. The van der Waals surface area contributed by atoms with Crippen molar-refractivity contribution in [2.75, 3.05) is 5.32 Å². The van der Waals surface area contributed by atoms with Crippen molar-refractivity contribution < 1.29 is 9.18 Å². The summed E-state index contributed by atoms with van der Waals surface area (Å²) in [5.41, 5.74) is 5.20. The van der Waals surface area contributed by atoms with Crippen LogP contribution in [0.2, 0.25) is 0 Å². The largest absolute Gasteiger partial charge is 0.322 e. The molecule has 0 radical (unpaired) electrons. The Bertz CT molecular complexity index is 432. The van der Waals surface area contributed by atoms with Crippen molar-refractivity contribution in [3.05, 3.63) is 28.5 Å². The molecule has 3 N–H and O–H groups in total. The molecule has 1 aliphatic carbocycles. The predicted molar refractivity (Wildman–Crippen MR) is 63.5 cm³/mol. The second-order valence-corrected chi connectivity index (χ2v) is 5.00. The molecule has 0 aliphatic heterocycles. The summed E-state index contributed by atoms with van der Waals surface area (Å²) >= 11 is 3.15. The second kappa shape index (κ2) is 4.14. The average molecular weight is 287 g/mol. The molecule has 0 saturated heterocycles. The molecule has 86 valence electrons. The molecule has 1 amide bonds. The molecule has 0 bridgehead atoms. The number of carbonyl (C=O) groups excluding carboxylic acids is 1. The summed E-state index contributed by atoms with van der Waals surface area (Å²) in [6.45, 7) is 0. The van der Waals surface area contributed by atoms with E-state index in [2.05, 4.69) is 21.2 Å². The number of anilines is 1. The van der Waals surface area contributed by atoms with Crippen LogP contribution < -0.4 is 11.1 Å². The lowest BCUT2D eigenvalue weighted by Gasteiger charge is -2.36. The minimum Gasteiger partial charge on any atom is -0.322 e. The van der Waals surface area contributed by atoms with Gasteiger partial charge in [-0.1, -0.05) is 15.9 Å². The van der Waals surface area contributed by atoms with Crippen LogP contribution in [0, 0.1) is 5.82 Å². The fourth-order valence-corrected chi connectivity index (χ4v) is 1.96. The maximum Gasteiger partial charge on any atom is 0.244 e. The van der Waals surface area contributed by atoms with Gasteiger partial charge in [-0.25, -0.2) is 4.39 Å². The first kappa shape index (κ1) is 11.5. The molecule has 2 rings (SSSR count). The highest BCUT2D eigenvalue weighted by molar-refractivity contribution is 9.10. The van der Waals surface area contributed by atoms with Gasteiger partial charge in [0, 0.05) is 4.47 Å². The summed E-state index contributed by atoms with van der Waals surface area (Å²) < 4.78 is 14.1. The fourth-order valence-electron chi connectivity index (χ4n) is 1.62. The molecular weight excluding hydrogens is 275 g/mol. The fraction of sp³-hybridized carbons (Fsp3) is 0.364. The lowest BCUT2D eigenvalue weighted by molar-refractivity contribution is -0.123. The molecule has 5 heteroatoms. The Hall–Kier alpha value is -0.940. The van der Waals surface area contributed by atoms with Gasteiger partial charge in [0.05, 0.1) is 11.2 Å². The zero-order chi connectivity index (χ0) is 11.8. The Labute approximate surface area is 101 Å². The minimum absolute atomic E-state index is 0.171. The van der Waals surface area contributed by atoms with Crippen molar-refractivity contribution in [2.24, 2.45) is 5.73 Å². The predicted octanol–water partition coefficient (Wildman–Crippen LogP) is 2.41. The minimum atomic E-state index is -0.806. The monoisotopic (exact) mass is 286 g/mol. The van der Waals surface area contributed by atoms with Crippen molar-refractivity contribution in [3.8, 4) is 0 Å². The summed E-state index contributed by atoms with van der Waals surface area (Å²) in [6.07, 6.45) is 2.28. The van der Waals surface area contributed by atoms with Gasteiger partial charge in [-0.05, 0) is 37.5 Å². The molecule has 0 atom stereocenters. The van der Waals surface area contributed by atoms with Crippen molar-refractivity contribution in [3.63, 3.8) is 0 Å². The van der Waals surface area contributed by atoms with E-state index < -0.39 is 11.4 Å². The molecule has 1 saturated carbocycles. The highest BCUT2D eigenvalue weighted by atomic mass is 79.9. The Kier molecular flexibility index (Phi) is 2.99. The van der Waals surface area contributed by atoms with Gasteiger partial charge >= 0.3 is 0 Å². The maximum atomic E-state index is 13.4. The van der Waals surface area contributed by atoms with E-state index in [9.17, 15) is 9.18 Å². The van der Waals surface area contributed by atoms with Gasteiger partial charge in [0.1, 0.15) is 5.82 Å². The topological polar surface area (TPSA) is 55.1 Å². The van der Waals surface area contributed by atoms with Gasteiger partial charge in [-0.15, -0.1) is 0 Å². The summed E-state index contributed by atoms with van der Waals surface area (Å²) in [7, 11) is 0. The van der Waals surface area contributed by atoms with E-state index in [0.717, 1.165) is 6.42 Å². The van der Waals surface area contributed by atoms with Crippen LogP contribution in [0.5, 0.6) is 0 Å². The second-order valence-electron chi connectivity index (χ2n) is 4.09. The Morgan fingerprint density at radius 3 is 2.69 bits per heavy atom. The molecular formula is C11H12BrFN2O. The van der Waals surface area contributed by atoms with Crippen LogP contribution in [0.25, 0.3) is 0 Å². The zero-order valence-electron chi connectivity index (χ0n) is 8.59. The number of rotatable bonds is 2. The van der Waals surface area contributed by atoms with Gasteiger partial charge in [0.2, 0.25) is 5.91 Å². The number of benzene rings is 1. The van der Waals surface area contributed by atoms with E-state index in [4.69, 9.17) is 5.73 Å². The first-order chi connectivity index (χ1) is 7.51. The quantitative estimate of drug-likeness (QED) is 0.877. The third-order valence-electron chi connectivity index (χ3n) is 2.88. The number of halogens is 2. The van der Waals surface area contributed by atoms with Gasteiger partial charge in [0.25, 0.3) is 0 Å². The number of amides is 1. The van der Waals surface area contributed by atoms with Crippen LogP contribution in [0.4, 0.5) is 10.1 Å². The number of nitrogens with two attached hydrogens (primary N) is 1. The molecule has 0 aromatic heterocycles. The standard InChI is InChI=1S/C11H12BrFN2O/c12-7-2-3-9(8(13)6-7)15-10(16)11(14)4-1-5-11/h2-3,6H,1,4-5,14H2,(H,15,16). The van der Waals surface area contributed by atoms with E-state index in [1.54, 1.807) is 6.07 Å². The number of hydrogen-bond donors (Lipinski definition) is 2. The molecule has 1 fully saturated rings. The molecule has 16 heavy (non-hydrogen) atoms. The Morgan fingerprint density at radius 2 is 2.19 bits per heavy atom. The van der Waals surface area contributed by atoms with E-state index in [0.29, 0.717) is 17.3 Å². The van der Waals surface area contributed by atoms with Crippen LogP contribution in [-0.2, 0) is 4.79 Å². The Morgan fingerprint density at radius 1 is 1.50 bits per heavy atom. The van der Waals surface area contributed by atoms with E-state index in [-0.39, 0.29) is 11.6 Å². The van der Waals surface area contributed by atoms with E-state index in [1.165, 1.54) is 12.1 Å². The smallest absolute Gasteiger partial charge is 0.244 e. The average Bonchev–Trinajstić information content (AvgIpc) is 2.18. The molecule has 0 spiro atoms. The third kappa shape index (κ3) is 2.10. The third-order valence-corrected chi connectivity index (χ3v) is 3.37. The molecule has 3 nitrogen and oxygen atoms in total. The molecule has 1 aromatic carbocycles. The first-order valence-corrected chi connectivity index (χ1v) is 5.86. The SMILES string of the molecule is NC1(C(=O)Nc2ccc(Br)cc2F)CCC1. The van der Waals surface area contributed by atoms with Crippen LogP contribution in [0.3, 0.4) is 0 Å².